The van der Waals surface area contributed by atoms with Crippen molar-refractivity contribution in [2.45, 2.75) is 13.2 Å². The highest BCUT2D eigenvalue weighted by molar-refractivity contribution is 6.39. The number of hydrogen-bond acceptors (Lipinski definition) is 10. The number of ether oxygens (including phenoxy) is 4. The second kappa shape index (κ2) is 19.6. The molecule has 0 atom stereocenters. The van der Waals surface area contributed by atoms with Crippen LogP contribution in [0.2, 0.25) is 10.0 Å². The van der Waals surface area contributed by atoms with Crippen LogP contribution in [0.4, 0.5) is 0 Å². The molecule has 14 heteroatoms. The Morgan fingerprint density at radius 1 is 0.684 bits per heavy atom. The minimum atomic E-state index is -1.08. The number of carboxylic acids is 1. The van der Waals surface area contributed by atoms with E-state index in [0.717, 1.165) is 24.3 Å². The number of hydrogen-bond donors (Lipinski definition) is 2. The lowest BCUT2D eigenvalue weighted by Gasteiger charge is -2.14. The van der Waals surface area contributed by atoms with Crippen LogP contribution in [0.15, 0.2) is 133 Å². The van der Waals surface area contributed by atoms with E-state index < -0.39 is 29.5 Å². The number of aliphatic hydroxyl groups excluding tert-OH is 1. The molecule has 290 valence electrons. The van der Waals surface area contributed by atoms with Crippen molar-refractivity contribution in [2.75, 3.05) is 14.2 Å². The van der Waals surface area contributed by atoms with E-state index in [0.29, 0.717) is 45.1 Å². The second-order valence-electron chi connectivity index (χ2n) is 11.9. The first-order valence-corrected chi connectivity index (χ1v) is 17.7. The van der Waals surface area contributed by atoms with E-state index in [1.54, 1.807) is 48.5 Å². The van der Waals surface area contributed by atoms with Crippen LogP contribution in [0.25, 0.3) is 22.7 Å². The van der Waals surface area contributed by atoms with Gasteiger partial charge in [0.2, 0.25) is 0 Å². The zero-order valence-electron chi connectivity index (χ0n) is 30.4. The summed E-state index contributed by atoms with van der Waals surface area (Å²) in [6.45, 7) is 0.593. The molecule has 0 bridgehead atoms. The maximum atomic E-state index is 12.2. The number of aromatic nitrogens is 2. The van der Waals surface area contributed by atoms with E-state index in [1.807, 2.05) is 60.7 Å². The monoisotopic (exact) mass is 808 g/mol. The molecule has 2 N–H and O–H groups in total. The molecule has 0 saturated heterocycles. The van der Waals surface area contributed by atoms with Crippen LogP contribution >= 0.6 is 23.2 Å². The summed E-state index contributed by atoms with van der Waals surface area (Å²) in [5.41, 5.74) is 3.79. The first-order chi connectivity index (χ1) is 27.5. The normalized spacial score (nSPS) is 10.8. The third-order valence-corrected chi connectivity index (χ3v) is 8.48. The highest BCUT2D eigenvalue weighted by Crippen LogP contribution is 2.35. The van der Waals surface area contributed by atoms with Gasteiger partial charge in [0.1, 0.15) is 30.5 Å². The van der Waals surface area contributed by atoms with Crippen molar-refractivity contribution in [3.05, 3.63) is 171 Å². The molecule has 0 aliphatic carbocycles. The van der Waals surface area contributed by atoms with Crippen LogP contribution in [-0.2, 0) is 32.3 Å². The van der Waals surface area contributed by atoms with E-state index in [1.165, 1.54) is 30.0 Å². The Balaban J connectivity index is 0.000000230. The topological polar surface area (TPSA) is 163 Å². The van der Waals surface area contributed by atoms with Crippen molar-refractivity contribution in [1.29, 1.82) is 0 Å². The van der Waals surface area contributed by atoms with Crippen molar-refractivity contribution >= 4 is 52.7 Å². The molecule has 0 aliphatic heterocycles. The average Bonchev–Trinajstić information content (AvgIpc) is 3.69. The largest absolute Gasteiger partial charge is 0.507 e. The van der Waals surface area contributed by atoms with E-state index >= 15 is 0 Å². The number of carbonyl (C=O) groups excluding carboxylic acids is 3. The molecule has 1 heterocycles. The Hall–Kier alpha value is -6.89. The van der Waals surface area contributed by atoms with Gasteiger partial charge < -0.3 is 29.2 Å². The van der Waals surface area contributed by atoms with Crippen LogP contribution in [0, 0.1) is 0 Å². The van der Waals surface area contributed by atoms with Gasteiger partial charge in [-0.15, -0.1) is 0 Å². The van der Waals surface area contributed by atoms with Crippen molar-refractivity contribution in [3.8, 4) is 28.4 Å². The first-order valence-electron chi connectivity index (χ1n) is 17.0. The lowest BCUT2D eigenvalue weighted by molar-refractivity contribution is -0.149. The second-order valence-corrected chi connectivity index (χ2v) is 12.8. The molecule has 0 fully saturated rings. The lowest BCUT2D eigenvalue weighted by atomic mass is 10.1. The fourth-order valence-electron chi connectivity index (χ4n) is 5.23. The van der Waals surface area contributed by atoms with Gasteiger partial charge in [-0.2, -0.15) is 5.10 Å². The quantitative estimate of drug-likeness (QED) is 0.0496. The van der Waals surface area contributed by atoms with Crippen LogP contribution in [0.1, 0.15) is 37.5 Å². The number of carboxylic acid groups (broad SMARTS) is 1. The number of carbonyl (C=O) groups is 4. The molecule has 0 aliphatic rings. The SMILES string of the molecule is COC(=O)C(=O)C=C(O)c1cc(Cl)ccc1OCc1ccccc1.COC(=O)c1cc(-c2cc(Cl)ccc2OCc2ccccc2)n(-c2cccc(C(=O)O)c2)n1. The fourth-order valence-corrected chi connectivity index (χ4v) is 5.58. The van der Waals surface area contributed by atoms with Gasteiger partial charge in [0.25, 0.3) is 5.78 Å². The number of ketones is 1. The highest BCUT2D eigenvalue weighted by Gasteiger charge is 2.21. The number of halogens is 2. The Kier molecular flexibility index (Phi) is 14.2. The summed E-state index contributed by atoms with van der Waals surface area (Å²) >= 11 is 12.2. The standard InChI is InChI=1S/C25H19ClN2O5.C18H15ClO5/c1-32-25(31)21-14-22(28(27-21)19-9-5-8-17(12-19)24(29)30)20-13-18(26)10-11-23(20)33-15-16-6-3-2-4-7-16;1-23-18(22)16(21)10-15(20)14-9-13(19)7-8-17(14)24-11-12-5-3-2-4-6-12/h2-14H,15H2,1H3,(H,29,30);2-10,20H,11H2,1H3. The summed E-state index contributed by atoms with van der Waals surface area (Å²) < 4.78 is 22.4. The Labute approximate surface area is 337 Å². The van der Waals surface area contributed by atoms with E-state index in [9.17, 15) is 29.4 Å². The first kappa shape index (κ1) is 41.3. The predicted molar refractivity (Wildman–Crippen MR) is 213 cm³/mol. The third kappa shape index (κ3) is 11.1. The average molecular weight is 810 g/mol. The fraction of sp³-hybridized carbons (Fsp3) is 0.0930. The Bertz CT molecular complexity index is 2410. The number of benzene rings is 5. The number of aliphatic hydroxyl groups is 1. The van der Waals surface area contributed by atoms with E-state index in [2.05, 4.69) is 9.84 Å². The summed E-state index contributed by atoms with van der Waals surface area (Å²) in [7, 11) is 2.35. The molecular formula is C43H34Cl2N2O10. The summed E-state index contributed by atoms with van der Waals surface area (Å²) in [6.07, 6.45) is 0.771. The van der Waals surface area contributed by atoms with Gasteiger partial charge in [-0.05, 0) is 71.8 Å². The van der Waals surface area contributed by atoms with Gasteiger partial charge in [0, 0.05) is 21.7 Å². The maximum Gasteiger partial charge on any atom is 0.378 e. The molecule has 6 rings (SSSR count). The number of rotatable bonds is 13. The Morgan fingerprint density at radius 3 is 1.88 bits per heavy atom. The number of esters is 2. The number of methoxy groups -OCH3 is 2. The minimum Gasteiger partial charge on any atom is -0.507 e. The molecule has 57 heavy (non-hydrogen) atoms. The van der Waals surface area contributed by atoms with Gasteiger partial charge in [0.05, 0.1) is 36.7 Å². The molecular weight excluding hydrogens is 775 g/mol. The molecule has 6 aromatic rings. The van der Waals surface area contributed by atoms with Crippen LogP contribution in [-0.4, -0.2) is 57.9 Å². The van der Waals surface area contributed by atoms with Crippen molar-refractivity contribution in [3.63, 3.8) is 0 Å². The maximum absolute atomic E-state index is 12.2. The lowest BCUT2D eigenvalue weighted by Crippen LogP contribution is -2.13. The van der Waals surface area contributed by atoms with Gasteiger partial charge in [0.15, 0.2) is 5.69 Å². The molecule has 0 spiro atoms. The number of nitrogens with zero attached hydrogens (tertiary/aromatic N) is 2. The minimum absolute atomic E-state index is 0.0576. The molecule has 5 aromatic carbocycles. The molecule has 1 aromatic heterocycles. The molecule has 0 unspecified atom stereocenters. The van der Waals surface area contributed by atoms with Gasteiger partial charge in [-0.3, -0.25) is 4.79 Å². The third-order valence-electron chi connectivity index (χ3n) is 8.01. The zero-order valence-corrected chi connectivity index (χ0v) is 31.9. The Morgan fingerprint density at radius 2 is 1.28 bits per heavy atom. The summed E-state index contributed by atoms with van der Waals surface area (Å²) in [6, 6.07) is 36.7. The van der Waals surface area contributed by atoms with Crippen LogP contribution in [0.3, 0.4) is 0 Å². The van der Waals surface area contributed by atoms with Gasteiger partial charge in [-0.1, -0.05) is 89.9 Å². The highest BCUT2D eigenvalue weighted by atomic mass is 35.5. The molecule has 0 saturated carbocycles. The van der Waals surface area contributed by atoms with Gasteiger partial charge in [-0.25, -0.2) is 19.1 Å². The summed E-state index contributed by atoms with van der Waals surface area (Å²) in [5.74, 6) is -3.34. The van der Waals surface area contributed by atoms with Crippen LogP contribution < -0.4 is 9.47 Å². The summed E-state index contributed by atoms with van der Waals surface area (Å²) in [4.78, 5) is 46.4. The van der Waals surface area contributed by atoms with Crippen molar-refractivity contribution < 1.29 is 48.3 Å². The molecule has 0 amide bonds. The van der Waals surface area contributed by atoms with E-state index in [-0.39, 0.29) is 23.4 Å². The summed E-state index contributed by atoms with van der Waals surface area (Å²) in [5, 5.41) is 24.7. The smallest absolute Gasteiger partial charge is 0.378 e. The molecule has 0 radical (unpaired) electrons. The zero-order chi connectivity index (χ0) is 40.9. The van der Waals surface area contributed by atoms with Crippen molar-refractivity contribution in [1.82, 2.24) is 9.78 Å². The predicted octanol–water partition coefficient (Wildman–Crippen LogP) is 8.82. The van der Waals surface area contributed by atoms with E-state index in [4.69, 9.17) is 37.4 Å². The van der Waals surface area contributed by atoms with Crippen molar-refractivity contribution in [2.24, 2.45) is 0 Å². The number of aromatic carboxylic acids is 1. The van der Waals surface area contributed by atoms with Gasteiger partial charge >= 0.3 is 17.9 Å². The van der Waals surface area contributed by atoms with Crippen LogP contribution in [0.5, 0.6) is 11.5 Å². The molecule has 12 nitrogen and oxygen atoms in total.